The van der Waals surface area contributed by atoms with Gasteiger partial charge in [0, 0.05) is 26.3 Å². The number of methoxy groups -OCH3 is 1. The van der Waals surface area contributed by atoms with E-state index in [1.165, 1.54) is 18.2 Å². The highest BCUT2D eigenvalue weighted by atomic mass is 16.6. The fourth-order valence-electron chi connectivity index (χ4n) is 1.50. The molecule has 18 heavy (non-hydrogen) atoms. The summed E-state index contributed by atoms with van der Waals surface area (Å²) >= 11 is 0. The van der Waals surface area contributed by atoms with Crippen molar-refractivity contribution < 1.29 is 9.66 Å². The number of nitro groups is 1. The van der Waals surface area contributed by atoms with E-state index in [-0.39, 0.29) is 5.69 Å². The Morgan fingerprint density at radius 3 is 2.89 bits per heavy atom. The van der Waals surface area contributed by atoms with Crippen LogP contribution in [0.4, 0.5) is 11.4 Å². The third-order valence-corrected chi connectivity index (χ3v) is 2.41. The van der Waals surface area contributed by atoms with Crippen molar-refractivity contribution in [2.45, 2.75) is 12.8 Å². The fourth-order valence-corrected chi connectivity index (χ4v) is 1.50. The van der Waals surface area contributed by atoms with Crippen LogP contribution in [0.3, 0.4) is 0 Å². The topological polar surface area (TPSA) is 88.2 Å². The average molecular weight is 249 g/mol. The molecule has 0 aliphatic rings. The van der Waals surface area contributed by atoms with Crippen molar-refractivity contribution >= 4 is 11.4 Å². The lowest BCUT2D eigenvalue weighted by Gasteiger charge is -2.07. The standard InChI is InChI=1S/C12H15N3O3/c1-18-7-3-2-6-14-11-8-10(9-13)4-5-12(11)15(16)17/h4-5,8,14H,2-3,6-7H2,1H3. The number of benzene rings is 1. The van der Waals surface area contributed by atoms with Gasteiger partial charge in [-0.25, -0.2) is 0 Å². The molecule has 1 rings (SSSR count). The number of hydrogen-bond acceptors (Lipinski definition) is 5. The maximum absolute atomic E-state index is 10.8. The lowest BCUT2D eigenvalue weighted by Crippen LogP contribution is -2.05. The molecule has 6 heteroatoms. The Bertz CT molecular complexity index is 454. The van der Waals surface area contributed by atoms with Crippen LogP contribution in [-0.2, 0) is 4.74 Å². The molecule has 6 nitrogen and oxygen atoms in total. The van der Waals surface area contributed by atoms with Crippen molar-refractivity contribution in [3.05, 3.63) is 33.9 Å². The summed E-state index contributed by atoms with van der Waals surface area (Å²) in [7, 11) is 1.63. The van der Waals surface area contributed by atoms with Crippen molar-refractivity contribution in [1.82, 2.24) is 0 Å². The van der Waals surface area contributed by atoms with Gasteiger partial charge in [-0.05, 0) is 25.0 Å². The molecule has 0 spiro atoms. The second kappa shape index (κ2) is 7.25. The first-order chi connectivity index (χ1) is 8.69. The molecule has 0 aromatic heterocycles. The highest BCUT2D eigenvalue weighted by Gasteiger charge is 2.13. The third-order valence-electron chi connectivity index (χ3n) is 2.41. The second-order valence-electron chi connectivity index (χ2n) is 3.73. The van der Waals surface area contributed by atoms with Crippen LogP contribution in [0.5, 0.6) is 0 Å². The van der Waals surface area contributed by atoms with E-state index in [9.17, 15) is 10.1 Å². The molecule has 0 aliphatic heterocycles. The number of unbranched alkanes of at least 4 members (excludes halogenated alkanes) is 1. The summed E-state index contributed by atoms with van der Waals surface area (Å²) in [6, 6.07) is 6.24. The molecule has 0 unspecified atom stereocenters. The summed E-state index contributed by atoms with van der Waals surface area (Å²) < 4.78 is 4.91. The van der Waals surface area contributed by atoms with Crippen LogP contribution in [0.15, 0.2) is 18.2 Å². The Morgan fingerprint density at radius 1 is 1.50 bits per heavy atom. The van der Waals surface area contributed by atoms with E-state index in [1.807, 2.05) is 6.07 Å². The largest absolute Gasteiger partial charge is 0.385 e. The molecule has 1 N–H and O–H groups in total. The number of ether oxygens (including phenoxy) is 1. The van der Waals surface area contributed by atoms with Gasteiger partial charge in [0.1, 0.15) is 5.69 Å². The highest BCUT2D eigenvalue weighted by molar-refractivity contribution is 5.64. The Morgan fingerprint density at radius 2 is 2.28 bits per heavy atom. The Balaban J connectivity index is 2.67. The summed E-state index contributed by atoms with van der Waals surface area (Å²) in [5, 5.41) is 22.6. The van der Waals surface area contributed by atoms with Crippen molar-refractivity contribution in [2.24, 2.45) is 0 Å². The van der Waals surface area contributed by atoms with Crippen LogP contribution in [0.2, 0.25) is 0 Å². The summed E-state index contributed by atoms with van der Waals surface area (Å²) in [6.07, 6.45) is 1.73. The molecule has 1 aromatic rings. The first kappa shape index (κ1) is 13.9. The SMILES string of the molecule is COCCCCNc1cc(C#N)ccc1[N+](=O)[O-]. The minimum Gasteiger partial charge on any atom is -0.385 e. The number of nitriles is 1. The van der Waals surface area contributed by atoms with Gasteiger partial charge in [-0.2, -0.15) is 5.26 Å². The van der Waals surface area contributed by atoms with Gasteiger partial charge in [-0.15, -0.1) is 0 Å². The van der Waals surface area contributed by atoms with Crippen LogP contribution in [0, 0.1) is 21.4 Å². The van der Waals surface area contributed by atoms with Crippen molar-refractivity contribution in [1.29, 1.82) is 5.26 Å². The number of nitrogens with one attached hydrogen (secondary N) is 1. The predicted molar refractivity (Wildman–Crippen MR) is 67.4 cm³/mol. The summed E-state index contributed by atoms with van der Waals surface area (Å²) in [6.45, 7) is 1.28. The molecule has 0 amide bonds. The maximum atomic E-state index is 10.8. The van der Waals surface area contributed by atoms with E-state index in [1.54, 1.807) is 7.11 Å². The van der Waals surface area contributed by atoms with E-state index in [4.69, 9.17) is 10.00 Å². The normalized spacial score (nSPS) is 9.78. The molecule has 0 atom stereocenters. The van der Waals surface area contributed by atoms with Gasteiger partial charge < -0.3 is 10.1 Å². The van der Waals surface area contributed by atoms with Crippen LogP contribution in [0.25, 0.3) is 0 Å². The molecule has 96 valence electrons. The Kier molecular flexibility index (Phi) is 5.61. The first-order valence-corrected chi connectivity index (χ1v) is 5.60. The average Bonchev–Trinajstić information content (AvgIpc) is 2.38. The maximum Gasteiger partial charge on any atom is 0.292 e. The molecule has 0 aliphatic carbocycles. The molecule has 1 aromatic carbocycles. The first-order valence-electron chi connectivity index (χ1n) is 5.60. The van der Waals surface area contributed by atoms with Gasteiger partial charge >= 0.3 is 0 Å². The zero-order chi connectivity index (χ0) is 13.4. The van der Waals surface area contributed by atoms with E-state index in [0.29, 0.717) is 24.4 Å². The van der Waals surface area contributed by atoms with Gasteiger partial charge in [-0.3, -0.25) is 10.1 Å². The number of rotatable bonds is 7. The molecule has 0 fully saturated rings. The molecule has 0 radical (unpaired) electrons. The monoisotopic (exact) mass is 249 g/mol. The van der Waals surface area contributed by atoms with Crippen LogP contribution in [0.1, 0.15) is 18.4 Å². The van der Waals surface area contributed by atoms with E-state index in [2.05, 4.69) is 5.32 Å². The van der Waals surface area contributed by atoms with Crippen LogP contribution in [-0.4, -0.2) is 25.2 Å². The van der Waals surface area contributed by atoms with Crippen LogP contribution < -0.4 is 5.32 Å². The minimum absolute atomic E-state index is 0.0132. The van der Waals surface area contributed by atoms with Crippen molar-refractivity contribution in [2.75, 3.05) is 25.6 Å². The molecular formula is C12H15N3O3. The van der Waals surface area contributed by atoms with Crippen molar-refractivity contribution in [3.8, 4) is 6.07 Å². The van der Waals surface area contributed by atoms with Gasteiger partial charge in [0.25, 0.3) is 5.69 Å². The summed E-state index contributed by atoms with van der Waals surface area (Å²) in [5.74, 6) is 0. The van der Waals surface area contributed by atoms with Gasteiger partial charge in [-0.1, -0.05) is 0 Å². The summed E-state index contributed by atoms with van der Waals surface area (Å²) in [5.41, 5.74) is 0.775. The predicted octanol–water partition coefficient (Wildman–Crippen LogP) is 2.30. The number of nitrogens with zero attached hydrogens (tertiary/aromatic N) is 2. The molecule has 0 saturated carbocycles. The zero-order valence-corrected chi connectivity index (χ0v) is 10.2. The number of anilines is 1. The minimum atomic E-state index is -0.460. The fraction of sp³-hybridized carbons (Fsp3) is 0.417. The van der Waals surface area contributed by atoms with Gasteiger partial charge in [0.2, 0.25) is 0 Å². The van der Waals surface area contributed by atoms with Gasteiger partial charge in [0.15, 0.2) is 0 Å². The molecular weight excluding hydrogens is 234 g/mol. The van der Waals surface area contributed by atoms with Crippen molar-refractivity contribution in [3.63, 3.8) is 0 Å². The third kappa shape index (κ3) is 4.03. The summed E-state index contributed by atoms with van der Waals surface area (Å²) in [4.78, 5) is 10.4. The second-order valence-corrected chi connectivity index (χ2v) is 3.73. The lowest BCUT2D eigenvalue weighted by atomic mass is 10.2. The molecule has 0 saturated heterocycles. The number of hydrogen-bond donors (Lipinski definition) is 1. The van der Waals surface area contributed by atoms with Gasteiger partial charge in [0.05, 0.1) is 16.6 Å². The molecule has 0 heterocycles. The smallest absolute Gasteiger partial charge is 0.292 e. The van der Waals surface area contributed by atoms with Crippen LogP contribution >= 0.6 is 0 Å². The zero-order valence-electron chi connectivity index (χ0n) is 10.2. The highest BCUT2D eigenvalue weighted by Crippen LogP contribution is 2.25. The Labute approximate surface area is 105 Å². The quantitative estimate of drug-likeness (QED) is 0.455. The Hall–Kier alpha value is -2.13. The lowest BCUT2D eigenvalue weighted by molar-refractivity contribution is -0.384. The van der Waals surface area contributed by atoms with E-state index >= 15 is 0 Å². The van der Waals surface area contributed by atoms with E-state index < -0.39 is 4.92 Å². The van der Waals surface area contributed by atoms with E-state index in [0.717, 1.165) is 12.8 Å². The molecule has 0 bridgehead atoms. The number of nitro benzene ring substituents is 1.